The number of hydrogen-bond donors (Lipinski definition) is 0. The molecule has 1 rings (SSSR count). The summed E-state index contributed by atoms with van der Waals surface area (Å²) in [5.74, 6) is 0. The Morgan fingerprint density at radius 3 is 1.45 bits per heavy atom. The molecule has 1 nitrogen and oxygen atoms in total. The lowest BCUT2D eigenvalue weighted by Gasteiger charge is -2.07. The van der Waals surface area contributed by atoms with Crippen molar-refractivity contribution in [1.29, 1.82) is 0 Å². The number of nitrogens with zero attached hydrogens (tertiary/aromatic N) is 1. The summed E-state index contributed by atoms with van der Waals surface area (Å²) in [6.07, 6.45) is 31.3. The molecule has 0 atom stereocenters. The molecule has 0 radical (unpaired) electrons. The molecule has 0 saturated carbocycles. The van der Waals surface area contributed by atoms with Gasteiger partial charge in [-0.25, -0.2) is 4.57 Å². The third kappa shape index (κ3) is 13.9. The van der Waals surface area contributed by atoms with Crippen LogP contribution >= 0.6 is 0 Å². The Kier molecular flexibility index (Phi) is 17.3. The van der Waals surface area contributed by atoms with Gasteiger partial charge in [0, 0.05) is 18.1 Å². The summed E-state index contributed by atoms with van der Waals surface area (Å²) in [5.41, 5.74) is 3.15. The lowest BCUT2D eigenvalue weighted by molar-refractivity contribution is -0.697. The van der Waals surface area contributed by atoms with Crippen LogP contribution in [0, 0.1) is 0 Å². The van der Waals surface area contributed by atoms with Crippen LogP contribution < -0.4 is 4.57 Å². The van der Waals surface area contributed by atoms with Gasteiger partial charge >= 0.3 is 0 Å². The largest absolute Gasteiger partial charge is 0.205 e. The molecule has 1 heteroatoms. The van der Waals surface area contributed by atoms with Gasteiger partial charge in [-0.1, -0.05) is 117 Å². The van der Waals surface area contributed by atoms with Crippen LogP contribution in [0.5, 0.6) is 0 Å². The average Bonchev–Trinajstić information content (AvgIpc) is 2.73. The van der Waals surface area contributed by atoms with Gasteiger partial charge in [0.15, 0.2) is 12.4 Å². The van der Waals surface area contributed by atoms with Crippen molar-refractivity contribution in [2.45, 2.75) is 149 Å². The van der Waals surface area contributed by atoms with E-state index in [0.29, 0.717) is 0 Å². The van der Waals surface area contributed by atoms with Gasteiger partial charge in [0.05, 0.1) is 0 Å². The number of unbranched alkanes of at least 4 members (excludes halogenated alkanes) is 14. The molecule has 0 spiro atoms. The smallest absolute Gasteiger partial charge is 0.172 e. The molecule has 0 amide bonds. The van der Waals surface area contributed by atoms with E-state index in [0.717, 1.165) is 0 Å². The van der Waals surface area contributed by atoms with Crippen molar-refractivity contribution in [1.82, 2.24) is 0 Å². The van der Waals surface area contributed by atoms with Gasteiger partial charge in [-0.05, 0) is 24.8 Å². The van der Waals surface area contributed by atoms with Crippen LogP contribution in [0.3, 0.4) is 0 Å². The minimum Gasteiger partial charge on any atom is -0.205 e. The van der Waals surface area contributed by atoms with Crippen LogP contribution in [0.25, 0.3) is 0 Å². The first-order valence-electron chi connectivity index (χ1n) is 13.3. The summed E-state index contributed by atoms with van der Waals surface area (Å²) in [5, 5.41) is 0. The molecule has 0 aliphatic heterocycles. The van der Waals surface area contributed by atoms with E-state index in [-0.39, 0.29) is 0 Å². The Labute approximate surface area is 183 Å². The van der Waals surface area contributed by atoms with E-state index in [1.54, 1.807) is 11.1 Å². The van der Waals surface area contributed by atoms with Gasteiger partial charge in [0.2, 0.25) is 0 Å². The molecule has 0 aliphatic rings. The normalized spacial score (nSPS) is 11.3. The summed E-state index contributed by atoms with van der Waals surface area (Å²) < 4.78 is 2.44. The zero-order valence-corrected chi connectivity index (χ0v) is 20.3. The number of aryl methyl sites for hydroxylation is 3. The molecule has 0 fully saturated rings. The fraction of sp³-hybridized carbons (Fsp3) is 0.821. The van der Waals surface area contributed by atoms with E-state index in [2.05, 4.69) is 43.8 Å². The van der Waals surface area contributed by atoms with Crippen molar-refractivity contribution >= 4 is 0 Å². The summed E-state index contributed by atoms with van der Waals surface area (Å²) >= 11 is 0. The van der Waals surface area contributed by atoms with Gasteiger partial charge in [0.25, 0.3) is 0 Å². The zero-order valence-electron chi connectivity index (χ0n) is 20.3. The molecule has 168 valence electrons. The highest BCUT2D eigenvalue weighted by molar-refractivity contribution is 5.21. The molecule has 0 N–H and O–H groups in total. The first kappa shape index (κ1) is 26.2. The van der Waals surface area contributed by atoms with Gasteiger partial charge in [-0.3, -0.25) is 0 Å². The highest BCUT2D eigenvalue weighted by Gasteiger charge is 2.08. The van der Waals surface area contributed by atoms with Crippen LogP contribution in [0.15, 0.2) is 18.5 Å². The third-order valence-corrected chi connectivity index (χ3v) is 6.26. The van der Waals surface area contributed by atoms with Gasteiger partial charge in [0.1, 0.15) is 6.54 Å². The van der Waals surface area contributed by atoms with Gasteiger partial charge in [-0.2, -0.15) is 0 Å². The maximum absolute atomic E-state index is 2.44. The number of hydrogen-bond acceptors (Lipinski definition) is 0. The summed E-state index contributed by atoms with van der Waals surface area (Å²) in [6.45, 7) is 8.07. The Morgan fingerprint density at radius 2 is 0.966 bits per heavy atom. The second-order valence-corrected chi connectivity index (χ2v) is 9.18. The SMILES string of the molecule is CCCCCCCCCCCCCCCCC[n+]1ccc(CCC)c(CCC)c1. The molecule has 0 aromatic carbocycles. The molecular formula is C28H52N+. The Hall–Kier alpha value is -0.850. The Balaban J connectivity index is 1.97. The molecular weight excluding hydrogens is 350 g/mol. The predicted octanol–water partition coefficient (Wildman–Crippen LogP) is 8.75. The highest BCUT2D eigenvalue weighted by atomic mass is 14.9. The predicted molar refractivity (Wildman–Crippen MR) is 130 cm³/mol. The lowest BCUT2D eigenvalue weighted by Crippen LogP contribution is -2.33. The monoisotopic (exact) mass is 402 g/mol. The second-order valence-electron chi connectivity index (χ2n) is 9.18. The average molecular weight is 403 g/mol. The maximum Gasteiger partial charge on any atom is 0.172 e. The van der Waals surface area contributed by atoms with Crippen molar-refractivity contribution in [2.24, 2.45) is 0 Å². The van der Waals surface area contributed by atoms with E-state index < -0.39 is 0 Å². The van der Waals surface area contributed by atoms with Crippen molar-refractivity contribution in [2.75, 3.05) is 0 Å². The summed E-state index contributed by atoms with van der Waals surface area (Å²) in [7, 11) is 0. The van der Waals surface area contributed by atoms with Crippen molar-refractivity contribution < 1.29 is 4.57 Å². The molecule has 1 aromatic rings. The fourth-order valence-corrected chi connectivity index (χ4v) is 4.43. The lowest BCUT2D eigenvalue weighted by atomic mass is 10.0. The topological polar surface area (TPSA) is 3.88 Å². The van der Waals surface area contributed by atoms with Gasteiger partial charge in [-0.15, -0.1) is 0 Å². The Morgan fingerprint density at radius 1 is 0.517 bits per heavy atom. The number of aromatic nitrogens is 1. The molecule has 1 heterocycles. The minimum atomic E-state index is 1.20. The maximum atomic E-state index is 2.44. The summed E-state index contributed by atoms with van der Waals surface area (Å²) in [6, 6.07) is 2.37. The van der Waals surface area contributed by atoms with Crippen molar-refractivity contribution in [3.8, 4) is 0 Å². The number of rotatable bonds is 20. The van der Waals surface area contributed by atoms with Crippen LogP contribution in [-0.4, -0.2) is 0 Å². The minimum absolute atomic E-state index is 1.20. The standard InChI is InChI=1S/C28H52N/c1-4-7-8-9-10-11-12-13-14-15-16-17-18-19-20-24-29-25-23-27(21-5-2)28(26-29)22-6-3/h23,25-26H,4-22,24H2,1-3H3/q+1. The zero-order chi connectivity index (χ0) is 21.0. The van der Waals surface area contributed by atoms with E-state index in [1.165, 1.54) is 129 Å². The highest BCUT2D eigenvalue weighted by Crippen LogP contribution is 2.14. The van der Waals surface area contributed by atoms with E-state index in [4.69, 9.17) is 0 Å². The quantitative estimate of drug-likeness (QED) is 0.151. The third-order valence-electron chi connectivity index (χ3n) is 6.26. The van der Waals surface area contributed by atoms with Crippen LogP contribution in [0.4, 0.5) is 0 Å². The molecule has 0 saturated heterocycles. The fourth-order valence-electron chi connectivity index (χ4n) is 4.43. The molecule has 1 aromatic heterocycles. The van der Waals surface area contributed by atoms with E-state index >= 15 is 0 Å². The van der Waals surface area contributed by atoms with Crippen molar-refractivity contribution in [3.63, 3.8) is 0 Å². The van der Waals surface area contributed by atoms with Crippen LogP contribution in [0.1, 0.15) is 141 Å². The van der Waals surface area contributed by atoms with E-state index in [9.17, 15) is 0 Å². The molecule has 0 bridgehead atoms. The molecule has 29 heavy (non-hydrogen) atoms. The molecule has 0 unspecified atom stereocenters. The number of pyridine rings is 1. The van der Waals surface area contributed by atoms with Crippen molar-refractivity contribution in [3.05, 3.63) is 29.6 Å². The van der Waals surface area contributed by atoms with E-state index in [1.807, 2.05) is 0 Å². The van der Waals surface area contributed by atoms with Gasteiger partial charge < -0.3 is 0 Å². The summed E-state index contributed by atoms with van der Waals surface area (Å²) in [4.78, 5) is 0. The second kappa shape index (κ2) is 19.1. The van der Waals surface area contributed by atoms with Crippen LogP contribution in [-0.2, 0) is 19.4 Å². The van der Waals surface area contributed by atoms with Crippen LogP contribution in [0.2, 0.25) is 0 Å². The first-order chi connectivity index (χ1) is 14.3. The first-order valence-corrected chi connectivity index (χ1v) is 13.3. The molecule has 0 aliphatic carbocycles. The Bertz CT molecular complexity index is 479.